The Morgan fingerprint density at radius 2 is 2.43 bits per heavy atom. The van der Waals surface area contributed by atoms with Crippen LogP contribution in [0.5, 0.6) is 0 Å². The molecular formula is C10H16N4. The maximum atomic E-state index is 5.47. The standard InChI is InChI=1S/C10H16N4/c1-3-8(2)6-10(14-11)9-4-5-12-13-7-9/h4-5,7,10,14H,2-3,6,11H2,1H3. The summed E-state index contributed by atoms with van der Waals surface area (Å²) in [5.41, 5.74) is 4.97. The second-order valence-electron chi connectivity index (χ2n) is 3.20. The summed E-state index contributed by atoms with van der Waals surface area (Å²) in [5, 5.41) is 7.53. The van der Waals surface area contributed by atoms with Crippen LogP contribution in [-0.4, -0.2) is 10.2 Å². The van der Waals surface area contributed by atoms with E-state index in [-0.39, 0.29) is 6.04 Å². The zero-order valence-electron chi connectivity index (χ0n) is 8.40. The fourth-order valence-corrected chi connectivity index (χ4v) is 1.21. The summed E-state index contributed by atoms with van der Waals surface area (Å²) in [5.74, 6) is 5.47. The largest absolute Gasteiger partial charge is 0.271 e. The van der Waals surface area contributed by atoms with Crippen LogP contribution in [0.2, 0.25) is 0 Å². The third-order valence-corrected chi connectivity index (χ3v) is 2.20. The van der Waals surface area contributed by atoms with E-state index in [1.807, 2.05) is 6.07 Å². The molecule has 0 fully saturated rings. The van der Waals surface area contributed by atoms with Crippen molar-refractivity contribution in [2.75, 3.05) is 0 Å². The number of hydrogen-bond donors (Lipinski definition) is 2. The molecule has 0 aliphatic rings. The van der Waals surface area contributed by atoms with Crippen molar-refractivity contribution in [1.29, 1.82) is 0 Å². The van der Waals surface area contributed by atoms with Crippen molar-refractivity contribution >= 4 is 0 Å². The second-order valence-corrected chi connectivity index (χ2v) is 3.20. The lowest BCUT2D eigenvalue weighted by atomic mass is 10.0. The number of aromatic nitrogens is 2. The number of nitrogens with zero attached hydrogens (tertiary/aromatic N) is 2. The first-order valence-electron chi connectivity index (χ1n) is 4.67. The Morgan fingerprint density at radius 3 is 2.93 bits per heavy atom. The average molecular weight is 192 g/mol. The molecule has 0 spiro atoms. The minimum absolute atomic E-state index is 0.0814. The molecule has 76 valence electrons. The van der Waals surface area contributed by atoms with Crippen molar-refractivity contribution in [3.8, 4) is 0 Å². The van der Waals surface area contributed by atoms with Gasteiger partial charge in [-0.15, -0.1) is 0 Å². The third kappa shape index (κ3) is 2.90. The van der Waals surface area contributed by atoms with Crippen LogP contribution in [0, 0.1) is 0 Å². The highest BCUT2D eigenvalue weighted by molar-refractivity contribution is 5.14. The van der Waals surface area contributed by atoms with Crippen LogP contribution in [0.3, 0.4) is 0 Å². The molecule has 1 rings (SSSR count). The molecule has 0 saturated carbocycles. The topological polar surface area (TPSA) is 63.8 Å². The Labute approximate surface area is 84.2 Å². The van der Waals surface area contributed by atoms with Gasteiger partial charge in [0.15, 0.2) is 0 Å². The fraction of sp³-hybridized carbons (Fsp3) is 0.400. The Balaban J connectivity index is 2.68. The van der Waals surface area contributed by atoms with Crippen LogP contribution in [0.15, 0.2) is 30.6 Å². The van der Waals surface area contributed by atoms with Gasteiger partial charge in [-0.1, -0.05) is 19.1 Å². The first kappa shape index (κ1) is 10.8. The third-order valence-electron chi connectivity index (χ3n) is 2.20. The van der Waals surface area contributed by atoms with E-state index in [0.717, 1.165) is 18.4 Å². The average Bonchev–Trinajstić information content (AvgIpc) is 2.26. The van der Waals surface area contributed by atoms with Crippen molar-refractivity contribution in [3.63, 3.8) is 0 Å². The van der Waals surface area contributed by atoms with Crippen LogP contribution in [0.1, 0.15) is 31.4 Å². The summed E-state index contributed by atoms with van der Waals surface area (Å²) >= 11 is 0. The monoisotopic (exact) mass is 192 g/mol. The molecule has 0 aliphatic carbocycles. The van der Waals surface area contributed by atoms with E-state index in [4.69, 9.17) is 5.84 Å². The van der Waals surface area contributed by atoms with Gasteiger partial charge in [0.05, 0.1) is 12.2 Å². The molecule has 0 aliphatic heterocycles. The molecule has 1 aromatic heterocycles. The fourth-order valence-electron chi connectivity index (χ4n) is 1.21. The number of nitrogens with two attached hydrogens (primary N) is 1. The van der Waals surface area contributed by atoms with E-state index in [2.05, 4.69) is 29.1 Å². The summed E-state index contributed by atoms with van der Waals surface area (Å²) in [4.78, 5) is 0. The zero-order chi connectivity index (χ0) is 10.4. The molecule has 0 radical (unpaired) electrons. The summed E-state index contributed by atoms with van der Waals surface area (Å²) in [7, 11) is 0. The summed E-state index contributed by atoms with van der Waals surface area (Å²) in [6.45, 7) is 6.04. The number of rotatable bonds is 5. The highest BCUT2D eigenvalue weighted by Crippen LogP contribution is 2.19. The molecule has 4 heteroatoms. The number of hydrazine groups is 1. The van der Waals surface area contributed by atoms with Crippen molar-refractivity contribution in [1.82, 2.24) is 15.6 Å². The van der Waals surface area contributed by atoms with Gasteiger partial charge in [0, 0.05) is 6.20 Å². The number of nitrogens with one attached hydrogen (secondary N) is 1. The van der Waals surface area contributed by atoms with E-state index >= 15 is 0 Å². The maximum Gasteiger partial charge on any atom is 0.0544 e. The Morgan fingerprint density at radius 1 is 1.64 bits per heavy atom. The molecule has 0 saturated heterocycles. The van der Waals surface area contributed by atoms with Gasteiger partial charge >= 0.3 is 0 Å². The molecule has 0 amide bonds. The van der Waals surface area contributed by atoms with Crippen molar-refractivity contribution in [2.24, 2.45) is 5.84 Å². The van der Waals surface area contributed by atoms with Crippen LogP contribution in [-0.2, 0) is 0 Å². The van der Waals surface area contributed by atoms with E-state index in [1.165, 1.54) is 5.57 Å². The quantitative estimate of drug-likeness (QED) is 0.420. The molecule has 3 N–H and O–H groups in total. The Hall–Kier alpha value is -1.26. The molecular weight excluding hydrogens is 176 g/mol. The SMILES string of the molecule is C=C(CC)CC(NN)c1ccnnc1. The second kappa shape index (κ2) is 5.47. The van der Waals surface area contributed by atoms with E-state index < -0.39 is 0 Å². The molecule has 14 heavy (non-hydrogen) atoms. The highest BCUT2D eigenvalue weighted by Gasteiger charge is 2.10. The molecule has 1 aromatic rings. The minimum atomic E-state index is 0.0814. The summed E-state index contributed by atoms with van der Waals surface area (Å²) in [6.07, 6.45) is 5.18. The van der Waals surface area contributed by atoms with E-state index in [0.29, 0.717) is 0 Å². The van der Waals surface area contributed by atoms with Crippen molar-refractivity contribution in [2.45, 2.75) is 25.8 Å². The van der Waals surface area contributed by atoms with Gasteiger partial charge in [-0.25, -0.2) is 0 Å². The lowest BCUT2D eigenvalue weighted by molar-refractivity contribution is 0.542. The zero-order valence-corrected chi connectivity index (χ0v) is 8.40. The summed E-state index contributed by atoms with van der Waals surface area (Å²) in [6, 6.07) is 1.98. The van der Waals surface area contributed by atoms with E-state index in [1.54, 1.807) is 12.4 Å². The molecule has 0 bridgehead atoms. The minimum Gasteiger partial charge on any atom is -0.271 e. The van der Waals surface area contributed by atoms with Crippen molar-refractivity contribution < 1.29 is 0 Å². The van der Waals surface area contributed by atoms with E-state index in [9.17, 15) is 0 Å². The van der Waals surface area contributed by atoms with Gasteiger partial charge in [-0.05, 0) is 24.5 Å². The first-order chi connectivity index (χ1) is 6.77. The lowest BCUT2D eigenvalue weighted by Crippen LogP contribution is -2.28. The Bertz CT molecular complexity index is 283. The smallest absolute Gasteiger partial charge is 0.0544 e. The van der Waals surface area contributed by atoms with Crippen LogP contribution < -0.4 is 11.3 Å². The molecule has 1 unspecified atom stereocenters. The van der Waals surface area contributed by atoms with Crippen LogP contribution in [0.25, 0.3) is 0 Å². The van der Waals surface area contributed by atoms with Gasteiger partial charge in [-0.2, -0.15) is 10.2 Å². The molecule has 1 atom stereocenters. The summed E-state index contributed by atoms with van der Waals surface area (Å²) < 4.78 is 0. The van der Waals surface area contributed by atoms with Crippen LogP contribution in [0.4, 0.5) is 0 Å². The molecule has 4 nitrogen and oxygen atoms in total. The predicted octanol–water partition coefficient (Wildman–Crippen LogP) is 1.34. The van der Waals surface area contributed by atoms with Crippen LogP contribution >= 0.6 is 0 Å². The first-order valence-corrected chi connectivity index (χ1v) is 4.67. The van der Waals surface area contributed by atoms with Gasteiger partial charge in [-0.3, -0.25) is 11.3 Å². The van der Waals surface area contributed by atoms with Gasteiger partial charge in [0.2, 0.25) is 0 Å². The lowest BCUT2D eigenvalue weighted by Gasteiger charge is -2.16. The number of hydrogen-bond acceptors (Lipinski definition) is 4. The predicted molar refractivity (Wildman–Crippen MR) is 56.1 cm³/mol. The van der Waals surface area contributed by atoms with Gasteiger partial charge < -0.3 is 0 Å². The van der Waals surface area contributed by atoms with Gasteiger partial charge in [0.25, 0.3) is 0 Å². The molecule has 0 aromatic carbocycles. The highest BCUT2D eigenvalue weighted by atomic mass is 15.2. The molecule has 1 heterocycles. The normalized spacial score (nSPS) is 12.4. The van der Waals surface area contributed by atoms with Crippen molar-refractivity contribution in [3.05, 3.63) is 36.2 Å². The maximum absolute atomic E-state index is 5.47. The van der Waals surface area contributed by atoms with Gasteiger partial charge in [0.1, 0.15) is 0 Å². The Kier molecular flexibility index (Phi) is 4.22.